The summed E-state index contributed by atoms with van der Waals surface area (Å²) in [5.41, 5.74) is 1.68. The Kier molecular flexibility index (Phi) is 12.6. The Morgan fingerprint density at radius 1 is 0.818 bits per heavy atom. The highest BCUT2D eigenvalue weighted by atomic mass is 79.9. The van der Waals surface area contributed by atoms with Crippen molar-refractivity contribution in [1.29, 1.82) is 0 Å². The predicted molar refractivity (Wildman–Crippen MR) is 180 cm³/mol. The third-order valence-corrected chi connectivity index (χ3v) is 12.2. The predicted octanol–water partition coefficient (Wildman–Crippen LogP) is 10.5. The second-order valence-corrected chi connectivity index (χ2v) is 16.9. The summed E-state index contributed by atoms with van der Waals surface area (Å²) in [5, 5.41) is 0. The Bertz CT molecular complexity index is 1210. The van der Waals surface area contributed by atoms with E-state index in [2.05, 4.69) is 57.5 Å². The lowest BCUT2D eigenvalue weighted by atomic mass is 9.75. The lowest BCUT2D eigenvalue weighted by Gasteiger charge is -2.43. The molecule has 0 heterocycles. The molecular weight excluding hydrogens is 639 g/mol. The summed E-state index contributed by atoms with van der Waals surface area (Å²) in [7, 11) is -4.08. The molecule has 2 aromatic carbocycles. The quantitative estimate of drug-likeness (QED) is 0.163. The zero-order valence-electron chi connectivity index (χ0n) is 27.5. The molecule has 0 spiro atoms. The van der Waals surface area contributed by atoms with Crippen LogP contribution in [0.25, 0.3) is 0 Å². The summed E-state index contributed by atoms with van der Waals surface area (Å²) in [6.07, 6.45) is 5.31. The minimum atomic E-state index is -4.08. The Hall–Kier alpha value is -1.66. The third-order valence-electron chi connectivity index (χ3n) is 9.55. The molecular formula is C36H52BrO6P. The molecule has 0 saturated heterocycles. The van der Waals surface area contributed by atoms with Gasteiger partial charge in [0, 0.05) is 10.0 Å². The van der Waals surface area contributed by atoms with Crippen molar-refractivity contribution < 1.29 is 27.9 Å². The molecule has 0 radical (unpaired) electrons. The van der Waals surface area contributed by atoms with Gasteiger partial charge in [-0.2, -0.15) is 0 Å². The normalized spacial score (nSPS) is 28.0. The highest BCUT2D eigenvalue weighted by Gasteiger charge is 2.49. The van der Waals surface area contributed by atoms with E-state index < -0.39 is 19.4 Å². The van der Waals surface area contributed by atoms with Gasteiger partial charge in [-0.1, -0.05) is 100 Å². The van der Waals surface area contributed by atoms with Crippen molar-refractivity contribution in [2.45, 2.75) is 105 Å². The number of rotatable bonds is 12. The first-order chi connectivity index (χ1) is 20.8. The number of hydrogen-bond acceptors (Lipinski definition) is 6. The second-order valence-electron chi connectivity index (χ2n) is 14.0. The van der Waals surface area contributed by atoms with Crippen LogP contribution < -0.4 is 4.74 Å². The lowest BCUT2D eigenvalue weighted by Crippen LogP contribution is -2.37. The fourth-order valence-corrected chi connectivity index (χ4v) is 9.42. The standard InChI is InChI=1S/C36H52BrO6P/c1-23(2)31-18-10-26(6)20-33(31)42-44(39,43-34-21-27(7)11-19-32(34)24(3)4)36(28-12-14-29(37)15-13-28)41-35(38)22-40-30-16-8-25(5)9-17-30/h8-9,12-17,23-24,26-27,31-34,36H,10-11,18-22H2,1-7H3. The molecule has 0 bridgehead atoms. The van der Waals surface area contributed by atoms with Crippen LogP contribution in [0.15, 0.2) is 53.0 Å². The van der Waals surface area contributed by atoms with Crippen molar-refractivity contribution in [3.63, 3.8) is 0 Å². The Morgan fingerprint density at radius 2 is 1.32 bits per heavy atom. The van der Waals surface area contributed by atoms with Gasteiger partial charge in [0.2, 0.25) is 5.85 Å². The molecule has 4 rings (SSSR count). The van der Waals surface area contributed by atoms with Crippen molar-refractivity contribution in [2.24, 2.45) is 35.5 Å². The second kappa shape index (κ2) is 15.8. The van der Waals surface area contributed by atoms with Crippen molar-refractivity contribution in [3.8, 4) is 5.75 Å². The highest BCUT2D eigenvalue weighted by Crippen LogP contribution is 2.66. The van der Waals surface area contributed by atoms with Gasteiger partial charge in [-0.05, 0) is 92.4 Å². The van der Waals surface area contributed by atoms with Crippen molar-refractivity contribution >= 4 is 29.5 Å². The minimum absolute atomic E-state index is 0.237. The van der Waals surface area contributed by atoms with E-state index in [1.807, 2.05) is 55.5 Å². The molecule has 7 atom stereocenters. The van der Waals surface area contributed by atoms with Crippen molar-refractivity contribution in [2.75, 3.05) is 6.61 Å². The molecule has 0 aliphatic heterocycles. The van der Waals surface area contributed by atoms with Gasteiger partial charge < -0.3 is 18.5 Å². The molecule has 2 saturated carbocycles. The fourth-order valence-electron chi connectivity index (χ4n) is 6.86. The summed E-state index contributed by atoms with van der Waals surface area (Å²) < 4.78 is 41.9. The molecule has 2 fully saturated rings. The summed E-state index contributed by atoms with van der Waals surface area (Å²) in [4.78, 5) is 13.4. The Morgan fingerprint density at radius 3 is 1.80 bits per heavy atom. The maximum Gasteiger partial charge on any atom is 0.376 e. The molecule has 2 aliphatic rings. The van der Waals surface area contributed by atoms with Gasteiger partial charge in [0.05, 0.1) is 12.2 Å². The lowest BCUT2D eigenvalue weighted by molar-refractivity contribution is -0.149. The Labute approximate surface area is 273 Å². The van der Waals surface area contributed by atoms with Crippen LogP contribution in [-0.2, 0) is 23.1 Å². The van der Waals surface area contributed by atoms with E-state index in [1.54, 1.807) is 0 Å². The largest absolute Gasteiger partial charge is 0.482 e. The van der Waals surface area contributed by atoms with Crippen molar-refractivity contribution in [3.05, 3.63) is 64.1 Å². The van der Waals surface area contributed by atoms with Crippen LogP contribution in [0.4, 0.5) is 0 Å². The van der Waals surface area contributed by atoms with E-state index in [4.69, 9.17) is 18.5 Å². The molecule has 2 aromatic rings. The van der Waals surface area contributed by atoms with Crippen LogP contribution >= 0.6 is 23.5 Å². The summed E-state index contributed by atoms with van der Waals surface area (Å²) in [6.45, 7) is 14.9. The van der Waals surface area contributed by atoms with E-state index in [0.29, 0.717) is 35.0 Å². The molecule has 44 heavy (non-hydrogen) atoms. The van der Waals surface area contributed by atoms with Crippen LogP contribution in [0, 0.1) is 42.4 Å². The maximum atomic E-state index is 15.6. The number of hydrogen-bond donors (Lipinski definition) is 0. The zero-order valence-corrected chi connectivity index (χ0v) is 30.0. The van der Waals surface area contributed by atoms with Crippen LogP contribution in [0.3, 0.4) is 0 Å². The highest BCUT2D eigenvalue weighted by molar-refractivity contribution is 9.10. The van der Waals surface area contributed by atoms with E-state index in [0.717, 1.165) is 48.6 Å². The van der Waals surface area contributed by atoms with E-state index >= 15 is 4.57 Å². The van der Waals surface area contributed by atoms with Crippen LogP contribution in [0.2, 0.25) is 0 Å². The first kappa shape index (κ1) is 35.2. The Balaban J connectivity index is 1.71. The van der Waals surface area contributed by atoms with Crippen LogP contribution in [0.5, 0.6) is 5.75 Å². The van der Waals surface area contributed by atoms with E-state index in [9.17, 15) is 4.79 Å². The molecule has 0 aromatic heterocycles. The number of esters is 1. The van der Waals surface area contributed by atoms with Gasteiger partial charge in [0.1, 0.15) is 5.75 Å². The average molecular weight is 692 g/mol. The molecule has 6 nitrogen and oxygen atoms in total. The van der Waals surface area contributed by atoms with Gasteiger partial charge in [-0.3, -0.25) is 4.57 Å². The monoisotopic (exact) mass is 690 g/mol. The summed E-state index contributed by atoms with van der Waals surface area (Å²) in [5.74, 6) is 0.791. The zero-order chi connectivity index (χ0) is 32.0. The van der Waals surface area contributed by atoms with Gasteiger partial charge in [0.15, 0.2) is 6.61 Å². The first-order valence-electron chi connectivity index (χ1n) is 16.5. The molecule has 0 N–H and O–H groups in total. The summed E-state index contributed by atoms with van der Waals surface area (Å²) in [6, 6.07) is 14.9. The molecule has 8 heteroatoms. The topological polar surface area (TPSA) is 71.1 Å². The molecule has 2 aliphatic carbocycles. The van der Waals surface area contributed by atoms with Gasteiger partial charge >= 0.3 is 13.6 Å². The maximum absolute atomic E-state index is 15.6. The fraction of sp³-hybridized carbons (Fsp3) is 0.639. The third kappa shape index (κ3) is 9.44. The van der Waals surface area contributed by atoms with Gasteiger partial charge in [-0.25, -0.2) is 4.79 Å². The number of carbonyl (C=O) groups is 1. The number of benzene rings is 2. The number of aryl methyl sites for hydroxylation is 1. The van der Waals surface area contributed by atoms with E-state index in [-0.39, 0.29) is 30.7 Å². The summed E-state index contributed by atoms with van der Waals surface area (Å²) >= 11 is 3.51. The molecule has 7 unspecified atom stereocenters. The van der Waals surface area contributed by atoms with Crippen molar-refractivity contribution in [1.82, 2.24) is 0 Å². The van der Waals surface area contributed by atoms with E-state index in [1.165, 1.54) is 0 Å². The SMILES string of the molecule is Cc1ccc(OCC(=O)OC(c2ccc(Br)cc2)P(=O)(OC2CC(C)CCC2C(C)C)OC2CC(C)CCC2C(C)C)cc1. The molecule has 0 amide bonds. The number of ether oxygens (including phenoxy) is 2. The smallest absolute Gasteiger partial charge is 0.376 e. The van der Waals surface area contributed by atoms with Gasteiger partial charge in [-0.15, -0.1) is 0 Å². The number of halogens is 1. The van der Waals surface area contributed by atoms with Crippen LogP contribution in [-0.4, -0.2) is 24.8 Å². The minimum Gasteiger partial charge on any atom is -0.482 e. The first-order valence-corrected chi connectivity index (χ1v) is 18.9. The van der Waals surface area contributed by atoms with Gasteiger partial charge in [0.25, 0.3) is 0 Å². The van der Waals surface area contributed by atoms with Crippen LogP contribution in [0.1, 0.15) is 97.0 Å². The molecule has 244 valence electrons. The average Bonchev–Trinajstić information content (AvgIpc) is 2.96. The number of carbonyl (C=O) groups excluding carboxylic acids is 1.